The smallest absolute Gasteiger partial charge is 0.185 e. The monoisotopic (exact) mass is 395 g/mol. The van der Waals surface area contributed by atoms with Gasteiger partial charge in [0.25, 0.3) is 0 Å². The lowest BCUT2D eigenvalue weighted by Gasteiger charge is -2.27. The van der Waals surface area contributed by atoms with Gasteiger partial charge >= 0.3 is 0 Å². The Hall–Kier alpha value is -2.47. The largest absolute Gasteiger partial charge is 0.486 e. The molecule has 0 saturated carbocycles. The van der Waals surface area contributed by atoms with Gasteiger partial charge in [-0.25, -0.2) is 4.98 Å². The summed E-state index contributed by atoms with van der Waals surface area (Å²) in [5.74, 6) is 1.66. The van der Waals surface area contributed by atoms with Crippen molar-refractivity contribution in [1.29, 1.82) is 0 Å². The van der Waals surface area contributed by atoms with Crippen molar-refractivity contribution in [3.63, 3.8) is 0 Å². The summed E-state index contributed by atoms with van der Waals surface area (Å²) in [6.45, 7) is 7.93. The second-order valence-corrected chi connectivity index (χ2v) is 8.44. The van der Waals surface area contributed by atoms with Crippen LogP contribution in [0.4, 0.5) is 5.13 Å². The molecular weight excluding hydrogens is 370 g/mol. The fourth-order valence-electron chi connectivity index (χ4n) is 4.14. The van der Waals surface area contributed by atoms with E-state index in [1.165, 1.54) is 29.8 Å². The van der Waals surface area contributed by atoms with Crippen LogP contribution >= 0.6 is 11.3 Å². The summed E-state index contributed by atoms with van der Waals surface area (Å²) in [6.07, 6.45) is 2.55. The predicted molar refractivity (Wildman–Crippen MR) is 113 cm³/mol. The van der Waals surface area contributed by atoms with Crippen molar-refractivity contribution in [1.82, 2.24) is 9.55 Å². The molecule has 1 fully saturated rings. The first-order valence-corrected chi connectivity index (χ1v) is 10.8. The van der Waals surface area contributed by atoms with E-state index in [0.29, 0.717) is 6.61 Å². The molecule has 5 rings (SSSR count). The van der Waals surface area contributed by atoms with Crippen LogP contribution in [-0.2, 0) is 6.54 Å². The number of hydrogen-bond acceptors (Lipinski definition) is 5. The summed E-state index contributed by atoms with van der Waals surface area (Å²) < 4.78 is 14.4. The highest BCUT2D eigenvalue weighted by Crippen LogP contribution is 2.34. The van der Waals surface area contributed by atoms with Gasteiger partial charge in [0.2, 0.25) is 0 Å². The topological polar surface area (TPSA) is 39.5 Å². The molecule has 1 aromatic carbocycles. The Bertz CT molecular complexity index is 988. The molecule has 0 aliphatic carbocycles. The predicted octanol–water partition coefficient (Wildman–Crippen LogP) is 4.67. The van der Waals surface area contributed by atoms with Gasteiger partial charge in [-0.15, -0.1) is 11.3 Å². The van der Waals surface area contributed by atoms with Gasteiger partial charge in [-0.1, -0.05) is 12.1 Å². The number of aromatic nitrogens is 2. The van der Waals surface area contributed by atoms with Crippen LogP contribution in [0.25, 0.3) is 11.3 Å². The highest BCUT2D eigenvalue weighted by molar-refractivity contribution is 7.14. The molecule has 0 bridgehead atoms. The Labute approximate surface area is 169 Å². The van der Waals surface area contributed by atoms with E-state index in [-0.39, 0.29) is 6.10 Å². The average molecular weight is 396 g/mol. The lowest BCUT2D eigenvalue weighted by atomic mass is 10.2. The van der Waals surface area contributed by atoms with Gasteiger partial charge in [0, 0.05) is 35.4 Å². The number of thiazole rings is 1. The molecule has 0 spiro atoms. The third kappa shape index (κ3) is 3.15. The van der Waals surface area contributed by atoms with E-state index in [0.717, 1.165) is 42.0 Å². The summed E-state index contributed by atoms with van der Waals surface area (Å²) >= 11 is 1.75. The summed E-state index contributed by atoms with van der Waals surface area (Å²) in [5, 5.41) is 3.34. The van der Waals surface area contributed by atoms with Crippen LogP contribution in [0.5, 0.6) is 11.5 Å². The van der Waals surface area contributed by atoms with Crippen LogP contribution in [0.3, 0.4) is 0 Å². The van der Waals surface area contributed by atoms with E-state index in [2.05, 4.69) is 34.8 Å². The van der Waals surface area contributed by atoms with Gasteiger partial charge in [-0.3, -0.25) is 0 Å². The van der Waals surface area contributed by atoms with Crippen molar-refractivity contribution in [2.24, 2.45) is 0 Å². The Morgan fingerprint density at radius 3 is 2.75 bits per heavy atom. The molecule has 6 heteroatoms. The average Bonchev–Trinajstić information content (AvgIpc) is 3.45. The first-order chi connectivity index (χ1) is 13.7. The van der Waals surface area contributed by atoms with Crippen LogP contribution in [-0.4, -0.2) is 35.4 Å². The second kappa shape index (κ2) is 7.17. The summed E-state index contributed by atoms with van der Waals surface area (Å²) in [7, 11) is 0. The molecule has 0 N–H and O–H groups in total. The van der Waals surface area contributed by atoms with Crippen LogP contribution in [0, 0.1) is 13.8 Å². The number of ether oxygens (including phenoxy) is 2. The molecule has 2 aromatic heterocycles. The number of benzene rings is 1. The van der Waals surface area contributed by atoms with Crippen LogP contribution in [0.15, 0.2) is 35.7 Å². The zero-order valence-electron chi connectivity index (χ0n) is 16.4. The number of rotatable bonds is 4. The number of fused-ring (bicyclic) bond motifs is 1. The minimum Gasteiger partial charge on any atom is -0.486 e. The molecule has 3 aromatic rings. The molecule has 5 nitrogen and oxygen atoms in total. The van der Waals surface area contributed by atoms with Crippen LogP contribution in [0.1, 0.15) is 24.2 Å². The van der Waals surface area contributed by atoms with Gasteiger partial charge in [-0.05, 0) is 44.9 Å². The van der Waals surface area contributed by atoms with E-state index < -0.39 is 0 Å². The van der Waals surface area contributed by atoms with Crippen molar-refractivity contribution in [2.45, 2.75) is 39.3 Å². The maximum absolute atomic E-state index is 6.17. The molecule has 0 radical (unpaired) electrons. The van der Waals surface area contributed by atoms with Gasteiger partial charge in [0.15, 0.2) is 22.7 Å². The quantitative estimate of drug-likeness (QED) is 0.644. The SMILES string of the molecule is Cc1cc(-c2csc(N3CCCC3)n2)c(C)n1C[C@H]1COc2ccccc2O1. The van der Waals surface area contributed by atoms with Gasteiger partial charge in [0.05, 0.1) is 12.2 Å². The Kier molecular flexibility index (Phi) is 4.51. The highest BCUT2D eigenvalue weighted by atomic mass is 32.1. The van der Waals surface area contributed by atoms with Crippen LogP contribution in [0.2, 0.25) is 0 Å². The minimum absolute atomic E-state index is 0.00291. The van der Waals surface area contributed by atoms with E-state index in [4.69, 9.17) is 14.5 Å². The van der Waals surface area contributed by atoms with Crippen molar-refractivity contribution in [3.05, 3.63) is 47.1 Å². The summed E-state index contributed by atoms with van der Waals surface area (Å²) in [6, 6.07) is 10.1. The molecule has 4 heterocycles. The normalized spacial score (nSPS) is 18.6. The Morgan fingerprint density at radius 2 is 1.93 bits per heavy atom. The van der Waals surface area contributed by atoms with Crippen molar-refractivity contribution >= 4 is 16.5 Å². The molecular formula is C22H25N3O2S. The molecule has 2 aliphatic heterocycles. The Balaban J connectivity index is 1.37. The third-order valence-corrected chi connectivity index (χ3v) is 6.57. The maximum Gasteiger partial charge on any atom is 0.185 e. The number of aryl methyl sites for hydroxylation is 1. The molecule has 0 unspecified atom stereocenters. The number of anilines is 1. The zero-order chi connectivity index (χ0) is 19.1. The molecule has 146 valence electrons. The fourth-order valence-corrected chi connectivity index (χ4v) is 5.02. The first kappa shape index (κ1) is 17.6. The zero-order valence-corrected chi connectivity index (χ0v) is 17.2. The second-order valence-electron chi connectivity index (χ2n) is 7.60. The highest BCUT2D eigenvalue weighted by Gasteiger charge is 2.24. The summed E-state index contributed by atoms with van der Waals surface area (Å²) in [5.41, 5.74) is 4.76. The fraction of sp³-hybridized carbons (Fsp3) is 0.409. The lowest BCUT2D eigenvalue weighted by molar-refractivity contribution is 0.0778. The summed E-state index contributed by atoms with van der Waals surface area (Å²) in [4.78, 5) is 7.33. The van der Waals surface area contributed by atoms with Crippen molar-refractivity contribution in [2.75, 3.05) is 24.6 Å². The lowest BCUT2D eigenvalue weighted by Crippen LogP contribution is -2.33. The molecule has 0 amide bonds. The standard InChI is InChI=1S/C22H25N3O2S/c1-15-11-18(19-14-28-22(23-19)24-9-5-6-10-24)16(2)25(15)12-17-13-26-20-7-3-4-8-21(20)27-17/h3-4,7-8,11,14,17H,5-6,9-10,12-13H2,1-2H3/t17-/m0/s1. The van der Waals surface area contributed by atoms with E-state index in [1.807, 2.05) is 24.3 Å². The van der Waals surface area contributed by atoms with E-state index in [1.54, 1.807) is 11.3 Å². The van der Waals surface area contributed by atoms with Crippen molar-refractivity contribution < 1.29 is 9.47 Å². The molecule has 2 aliphatic rings. The van der Waals surface area contributed by atoms with Gasteiger partial charge < -0.3 is 18.9 Å². The molecule has 1 saturated heterocycles. The molecule has 28 heavy (non-hydrogen) atoms. The Morgan fingerprint density at radius 1 is 1.14 bits per heavy atom. The first-order valence-electron chi connectivity index (χ1n) is 9.95. The van der Waals surface area contributed by atoms with Gasteiger partial charge in [0.1, 0.15) is 6.61 Å². The van der Waals surface area contributed by atoms with Crippen molar-refractivity contribution in [3.8, 4) is 22.8 Å². The third-order valence-electron chi connectivity index (χ3n) is 5.67. The number of hydrogen-bond donors (Lipinski definition) is 0. The van der Waals surface area contributed by atoms with E-state index >= 15 is 0 Å². The molecule has 1 atom stereocenters. The van der Waals surface area contributed by atoms with E-state index in [9.17, 15) is 0 Å². The maximum atomic E-state index is 6.17. The number of para-hydroxylation sites is 2. The minimum atomic E-state index is 0.00291. The van der Waals surface area contributed by atoms with Gasteiger partial charge in [-0.2, -0.15) is 0 Å². The number of nitrogens with zero attached hydrogens (tertiary/aromatic N) is 3. The van der Waals surface area contributed by atoms with Crippen LogP contribution < -0.4 is 14.4 Å².